The van der Waals surface area contributed by atoms with Crippen molar-refractivity contribution in [1.29, 1.82) is 5.26 Å². The van der Waals surface area contributed by atoms with E-state index in [1.165, 1.54) is 6.92 Å². The Bertz CT molecular complexity index is 1130. The molecule has 1 aromatic rings. The van der Waals surface area contributed by atoms with Crippen LogP contribution >= 0.6 is 11.6 Å². The number of fused-ring (bicyclic) bond motifs is 1. The van der Waals surface area contributed by atoms with Crippen molar-refractivity contribution in [1.82, 2.24) is 10.2 Å². The second-order valence-corrected chi connectivity index (χ2v) is 10.2. The van der Waals surface area contributed by atoms with Gasteiger partial charge in [0.2, 0.25) is 5.91 Å². The number of ether oxygens (including phenoxy) is 1. The minimum atomic E-state index is -0.630. The molecule has 0 saturated carbocycles. The maximum atomic E-state index is 13.6. The van der Waals surface area contributed by atoms with E-state index in [1.54, 1.807) is 29.4 Å². The highest BCUT2D eigenvalue weighted by molar-refractivity contribution is 6.31. The zero-order valence-corrected chi connectivity index (χ0v) is 20.4. The van der Waals surface area contributed by atoms with Crippen LogP contribution in [-0.4, -0.2) is 41.5 Å². The van der Waals surface area contributed by atoms with E-state index in [0.717, 1.165) is 5.70 Å². The molecule has 3 aliphatic rings. The molecule has 1 amide bonds. The van der Waals surface area contributed by atoms with Crippen LogP contribution in [0.25, 0.3) is 0 Å². The zero-order chi connectivity index (χ0) is 24.5. The molecule has 0 aromatic heterocycles. The number of hydrogen-bond donors (Lipinski definition) is 1. The minimum Gasteiger partial charge on any atom is -0.494 e. The lowest BCUT2D eigenvalue weighted by atomic mass is 9.73. The minimum absolute atomic E-state index is 0.0162. The van der Waals surface area contributed by atoms with Crippen LogP contribution in [0.1, 0.15) is 58.1 Å². The summed E-state index contributed by atoms with van der Waals surface area (Å²) >= 11 is 6.77. The molecule has 3 atom stereocenters. The van der Waals surface area contributed by atoms with E-state index in [9.17, 15) is 9.59 Å². The van der Waals surface area contributed by atoms with E-state index >= 15 is 0 Å². The van der Waals surface area contributed by atoms with Crippen molar-refractivity contribution in [3.05, 3.63) is 52.3 Å². The Morgan fingerprint density at radius 1 is 1.38 bits per heavy atom. The van der Waals surface area contributed by atoms with Crippen LogP contribution in [0.5, 0.6) is 5.75 Å². The highest BCUT2D eigenvalue weighted by atomic mass is 35.5. The molecule has 8 heteroatoms. The summed E-state index contributed by atoms with van der Waals surface area (Å²) in [5.74, 6) is 0.448. The Balaban J connectivity index is 1.81. The summed E-state index contributed by atoms with van der Waals surface area (Å²) in [6.07, 6.45) is 7.50. The van der Waals surface area contributed by atoms with Gasteiger partial charge < -0.3 is 15.0 Å². The number of rotatable bonds is 5. The number of carbonyl (C=O) groups is 2. The van der Waals surface area contributed by atoms with Crippen molar-refractivity contribution in [2.75, 3.05) is 6.61 Å². The summed E-state index contributed by atoms with van der Waals surface area (Å²) in [5, 5.41) is 12.7. The van der Waals surface area contributed by atoms with Gasteiger partial charge in [-0.1, -0.05) is 31.5 Å². The molecule has 3 unspecified atom stereocenters. The van der Waals surface area contributed by atoms with Crippen molar-refractivity contribution in [3.63, 3.8) is 0 Å². The Labute approximate surface area is 205 Å². The van der Waals surface area contributed by atoms with Crippen LogP contribution in [-0.2, 0) is 9.59 Å². The number of nitrogens with one attached hydrogen (secondary N) is 1. The van der Waals surface area contributed by atoms with Crippen LogP contribution in [0.15, 0.2) is 46.7 Å². The first-order chi connectivity index (χ1) is 16.2. The third kappa shape index (κ3) is 4.74. The fraction of sp³-hybridized carbons (Fsp3) is 0.462. The number of hydrogen-bond acceptors (Lipinski definition) is 6. The highest BCUT2D eigenvalue weighted by Crippen LogP contribution is 2.46. The molecular weight excluding hydrogens is 452 g/mol. The van der Waals surface area contributed by atoms with E-state index in [0.29, 0.717) is 54.2 Å². The molecule has 0 saturated heterocycles. The summed E-state index contributed by atoms with van der Waals surface area (Å²) in [7, 11) is 0. The highest BCUT2D eigenvalue weighted by Gasteiger charge is 2.46. The van der Waals surface area contributed by atoms with Gasteiger partial charge in [0.05, 0.1) is 30.8 Å². The van der Waals surface area contributed by atoms with Gasteiger partial charge in [-0.2, -0.15) is 5.26 Å². The number of ketones is 1. The molecule has 34 heavy (non-hydrogen) atoms. The summed E-state index contributed by atoms with van der Waals surface area (Å²) in [4.78, 5) is 32.7. The number of nitrogens with zero attached hydrogens (tertiary/aromatic N) is 3. The van der Waals surface area contributed by atoms with Crippen LogP contribution in [0.4, 0.5) is 0 Å². The number of allylic oxidation sites excluding steroid dienone is 1. The van der Waals surface area contributed by atoms with Gasteiger partial charge in [-0.25, -0.2) is 0 Å². The number of carbonyl (C=O) groups excluding carboxylic acids is 2. The number of benzene rings is 1. The molecule has 4 rings (SSSR count). The Morgan fingerprint density at radius 2 is 2.18 bits per heavy atom. The fourth-order valence-electron chi connectivity index (χ4n) is 5.03. The zero-order valence-electron chi connectivity index (χ0n) is 19.7. The molecule has 178 valence electrons. The second kappa shape index (κ2) is 9.63. The molecule has 1 N–H and O–H groups in total. The normalized spacial score (nSPS) is 25.1. The fourth-order valence-corrected chi connectivity index (χ4v) is 5.30. The monoisotopic (exact) mass is 480 g/mol. The van der Waals surface area contributed by atoms with Crippen molar-refractivity contribution in [2.24, 2.45) is 10.4 Å². The van der Waals surface area contributed by atoms with Gasteiger partial charge in [0.15, 0.2) is 5.78 Å². The Hall–Kier alpha value is -3.11. The summed E-state index contributed by atoms with van der Waals surface area (Å²) in [5.41, 5.74) is 1.93. The van der Waals surface area contributed by atoms with Crippen molar-refractivity contribution in [3.8, 4) is 11.8 Å². The maximum absolute atomic E-state index is 13.6. The lowest BCUT2D eigenvalue weighted by Gasteiger charge is -2.39. The Morgan fingerprint density at radius 3 is 2.88 bits per heavy atom. The van der Waals surface area contributed by atoms with E-state index in [2.05, 4.69) is 30.2 Å². The standard InChI is InChI=1S/C26H29ClN4O3/c1-16(32)31-22-8-10-29-15-21(22)30-20-13-26(2,3)14-23(33)24(20)25(31)18-7-6-17(12-19(18)27)34-11-5-4-9-28/h6-8,10,12,15,21-22,25,30H,4-5,11,13-14H2,1-3H3. The van der Waals surface area contributed by atoms with Gasteiger partial charge in [-0.05, 0) is 42.0 Å². The van der Waals surface area contributed by atoms with Gasteiger partial charge in [-0.3, -0.25) is 14.6 Å². The molecule has 2 heterocycles. The molecule has 0 radical (unpaired) electrons. The van der Waals surface area contributed by atoms with E-state index in [1.807, 2.05) is 12.1 Å². The van der Waals surface area contributed by atoms with Crippen LogP contribution < -0.4 is 10.1 Å². The first kappa shape index (κ1) is 24.0. The summed E-state index contributed by atoms with van der Waals surface area (Å²) in [6, 6.07) is 6.26. The number of Topliss-reactive ketones (excluding diaryl/α,β-unsaturated/α-hetero) is 1. The lowest BCUT2D eigenvalue weighted by molar-refractivity contribution is -0.132. The smallest absolute Gasteiger partial charge is 0.220 e. The topological polar surface area (TPSA) is 94.8 Å². The first-order valence-corrected chi connectivity index (χ1v) is 11.9. The molecule has 0 bridgehead atoms. The van der Waals surface area contributed by atoms with Crippen LogP contribution in [0.3, 0.4) is 0 Å². The van der Waals surface area contributed by atoms with Gasteiger partial charge in [0, 0.05) is 48.5 Å². The number of amides is 1. The maximum Gasteiger partial charge on any atom is 0.220 e. The molecular formula is C26H29ClN4O3. The van der Waals surface area contributed by atoms with E-state index < -0.39 is 6.04 Å². The van der Waals surface area contributed by atoms with Gasteiger partial charge in [-0.15, -0.1) is 0 Å². The lowest BCUT2D eigenvalue weighted by Crippen LogP contribution is -2.51. The second-order valence-electron chi connectivity index (χ2n) is 9.76. The molecule has 1 aliphatic carbocycles. The van der Waals surface area contributed by atoms with Crippen molar-refractivity contribution in [2.45, 2.75) is 64.6 Å². The predicted molar refractivity (Wildman–Crippen MR) is 130 cm³/mol. The molecule has 2 aliphatic heterocycles. The summed E-state index contributed by atoms with van der Waals surface area (Å²) in [6.45, 7) is 6.09. The predicted octanol–water partition coefficient (Wildman–Crippen LogP) is 4.49. The quantitative estimate of drug-likeness (QED) is 0.626. The van der Waals surface area contributed by atoms with Crippen molar-refractivity contribution < 1.29 is 14.3 Å². The first-order valence-electron chi connectivity index (χ1n) is 11.5. The molecule has 7 nitrogen and oxygen atoms in total. The number of nitriles is 1. The Kier molecular flexibility index (Phi) is 6.81. The third-order valence-electron chi connectivity index (χ3n) is 6.45. The summed E-state index contributed by atoms with van der Waals surface area (Å²) < 4.78 is 5.74. The SMILES string of the molecule is CC(=O)N1C(c2ccc(OCCCC#N)cc2Cl)C2=C(CC(C)(C)CC2=O)NC2C=NC=CC21. The number of aliphatic imine (C=N–C) groups is 1. The average molecular weight is 481 g/mol. The third-order valence-corrected chi connectivity index (χ3v) is 6.78. The molecule has 1 aromatic carbocycles. The number of halogens is 1. The van der Waals surface area contributed by atoms with E-state index in [4.69, 9.17) is 21.6 Å². The van der Waals surface area contributed by atoms with Crippen LogP contribution in [0.2, 0.25) is 5.02 Å². The largest absolute Gasteiger partial charge is 0.494 e. The number of unbranched alkanes of at least 4 members (excludes halogenated alkanes) is 1. The molecule has 0 spiro atoms. The van der Waals surface area contributed by atoms with Crippen molar-refractivity contribution >= 4 is 29.5 Å². The van der Waals surface area contributed by atoms with Crippen LogP contribution in [0, 0.1) is 16.7 Å². The van der Waals surface area contributed by atoms with Gasteiger partial charge >= 0.3 is 0 Å². The van der Waals surface area contributed by atoms with Gasteiger partial charge in [0.25, 0.3) is 0 Å². The molecule has 0 fully saturated rings. The van der Waals surface area contributed by atoms with E-state index in [-0.39, 0.29) is 29.2 Å². The van der Waals surface area contributed by atoms with Gasteiger partial charge in [0.1, 0.15) is 5.75 Å². The average Bonchev–Trinajstić information content (AvgIpc) is 2.90.